The fraction of sp³-hybridized carbons (Fsp3) is 0.440. The number of benzene rings is 2. The van der Waals surface area contributed by atoms with Crippen molar-refractivity contribution in [2.24, 2.45) is 16.8 Å². The van der Waals surface area contributed by atoms with E-state index in [1.807, 2.05) is 12.1 Å². The van der Waals surface area contributed by atoms with Crippen LogP contribution in [0.1, 0.15) is 30.4 Å². The molecular weight excluding hydrogens is 456 g/mol. The highest BCUT2D eigenvalue weighted by atomic mass is 32.2. The number of sulfonamides is 1. The summed E-state index contributed by atoms with van der Waals surface area (Å²) in [6, 6.07) is 12.3. The first kappa shape index (κ1) is 24.2. The summed E-state index contributed by atoms with van der Waals surface area (Å²) >= 11 is 0. The number of carbonyl (C=O) groups is 1. The second kappa shape index (κ2) is 10.1. The van der Waals surface area contributed by atoms with Gasteiger partial charge in [0.1, 0.15) is 0 Å². The minimum absolute atomic E-state index is 0.00988. The summed E-state index contributed by atoms with van der Waals surface area (Å²) in [5.41, 5.74) is 2.92. The topological polar surface area (TPSA) is 106 Å². The minimum atomic E-state index is -3.66. The molecule has 4 rings (SSSR count). The van der Waals surface area contributed by atoms with Crippen molar-refractivity contribution in [1.29, 1.82) is 0 Å². The van der Waals surface area contributed by atoms with E-state index in [0.29, 0.717) is 37.4 Å². The van der Waals surface area contributed by atoms with E-state index in [2.05, 4.69) is 0 Å². The molecule has 0 unspecified atom stereocenters. The first-order valence-electron chi connectivity index (χ1n) is 11.4. The highest BCUT2D eigenvalue weighted by Gasteiger charge is 2.37. The Labute approximate surface area is 200 Å². The van der Waals surface area contributed by atoms with E-state index in [4.69, 9.17) is 14.5 Å². The van der Waals surface area contributed by atoms with Gasteiger partial charge in [-0.1, -0.05) is 18.2 Å². The van der Waals surface area contributed by atoms with Crippen LogP contribution in [0, 0.1) is 11.8 Å². The Morgan fingerprint density at radius 2 is 1.82 bits per heavy atom. The summed E-state index contributed by atoms with van der Waals surface area (Å²) in [4.78, 5) is 16.6. The van der Waals surface area contributed by atoms with Crippen LogP contribution in [0.5, 0.6) is 11.5 Å². The van der Waals surface area contributed by atoms with Gasteiger partial charge in [0.25, 0.3) is 0 Å². The number of aliphatic imine (C=N–C) groups is 1. The molecule has 2 aliphatic heterocycles. The summed E-state index contributed by atoms with van der Waals surface area (Å²) in [5.74, 6) is 0.0970. The third-order valence-electron chi connectivity index (χ3n) is 6.73. The van der Waals surface area contributed by atoms with Crippen molar-refractivity contribution in [2.75, 3.05) is 33.9 Å². The molecule has 0 amide bonds. The van der Waals surface area contributed by atoms with E-state index < -0.39 is 16.0 Å². The van der Waals surface area contributed by atoms with Crippen LogP contribution in [-0.4, -0.2) is 63.4 Å². The van der Waals surface area contributed by atoms with Crippen LogP contribution in [0.3, 0.4) is 0 Å². The number of aliphatic carboxylic acids is 1. The van der Waals surface area contributed by atoms with Crippen molar-refractivity contribution in [3.05, 3.63) is 53.6 Å². The number of rotatable bonds is 8. The van der Waals surface area contributed by atoms with E-state index in [1.54, 1.807) is 44.6 Å². The number of piperidine rings is 1. The van der Waals surface area contributed by atoms with Crippen LogP contribution in [0.25, 0.3) is 0 Å². The maximum absolute atomic E-state index is 13.3. The van der Waals surface area contributed by atoms with Gasteiger partial charge in [-0.2, -0.15) is 4.31 Å². The Morgan fingerprint density at radius 1 is 1.12 bits per heavy atom. The zero-order chi connectivity index (χ0) is 24.3. The van der Waals surface area contributed by atoms with Crippen LogP contribution in [-0.2, 0) is 21.2 Å². The predicted molar refractivity (Wildman–Crippen MR) is 128 cm³/mol. The monoisotopic (exact) mass is 486 g/mol. The van der Waals surface area contributed by atoms with Gasteiger partial charge in [0.05, 0.1) is 19.1 Å². The lowest BCUT2D eigenvalue weighted by molar-refractivity contribution is -0.138. The maximum atomic E-state index is 13.3. The highest BCUT2D eigenvalue weighted by molar-refractivity contribution is 7.89. The number of methoxy groups -OCH3 is 2. The normalized spacial score (nSPS) is 20.8. The van der Waals surface area contributed by atoms with Gasteiger partial charge in [-0.3, -0.25) is 9.79 Å². The van der Waals surface area contributed by atoms with Gasteiger partial charge < -0.3 is 14.6 Å². The molecule has 34 heavy (non-hydrogen) atoms. The Bertz CT molecular complexity index is 1180. The standard InChI is InChI=1S/C25H30N2O6S/c1-32-23-13-18-8-10-26-22(21(18)15-24(23)33-2)12-19-16-27(11-9-17(19)14-25(28)29)34(30,31)20-6-4-3-5-7-20/h3-7,13,15,17,19H,8-12,14,16H2,1-2H3,(H,28,29)/t17-,19-/m0/s1. The van der Waals surface area contributed by atoms with Crippen molar-refractivity contribution in [3.8, 4) is 11.5 Å². The lowest BCUT2D eigenvalue weighted by atomic mass is 9.79. The van der Waals surface area contributed by atoms with Gasteiger partial charge in [-0.15, -0.1) is 0 Å². The van der Waals surface area contributed by atoms with Crippen LogP contribution < -0.4 is 9.47 Å². The predicted octanol–water partition coefficient (Wildman–Crippen LogP) is 3.24. The van der Waals surface area contributed by atoms with Gasteiger partial charge in [0.15, 0.2) is 11.5 Å². The molecule has 2 aromatic rings. The second-order valence-electron chi connectivity index (χ2n) is 8.73. The number of fused-ring (bicyclic) bond motifs is 1. The van der Waals surface area contributed by atoms with Gasteiger partial charge in [-0.05, 0) is 60.9 Å². The maximum Gasteiger partial charge on any atom is 0.303 e. The molecule has 2 heterocycles. The van der Waals surface area contributed by atoms with Crippen LogP contribution in [0.15, 0.2) is 52.4 Å². The van der Waals surface area contributed by atoms with Crippen molar-refractivity contribution in [2.45, 2.75) is 30.6 Å². The number of nitrogens with zero attached hydrogens (tertiary/aromatic N) is 2. The molecule has 0 bridgehead atoms. The highest BCUT2D eigenvalue weighted by Crippen LogP contribution is 2.37. The molecule has 0 saturated carbocycles. The van der Waals surface area contributed by atoms with Gasteiger partial charge >= 0.3 is 5.97 Å². The quantitative estimate of drug-likeness (QED) is 0.614. The van der Waals surface area contributed by atoms with Gasteiger partial charge in [0, 0.05) is 37.3 Å². The van der Waals surface area contributed by atoms with Crippen LogP contribution in [0.4, 0.5) is 0 Å². The molecule has 1 fully saturated rings. The molecule has 2 aliphatic rings. The molecule has 1 N–H and O–H groups in total. The van der Waals surface area contributed by atoms with E-state index in [-0.39, 0.29) is 29.7 Å². The smallest absolute Gasteiger partial charge is 0.303 e. The molecule has 0 aliphatic carbocycles. The number of hydrogen-bond donors (Lipinski definition) is 1. The Kier molecular flexibility index (Phi) is 7.23. The fourth-order valence-corrected chi connectivity index (χ4v) is 6.48. The van der Waals surface area contributed by atoms with Crippen LogP contribution >= 0.6 is 0 Å². The van der Waals surface area contributed by atoms with Crippen molar-refractivity contribution < 1.29 is 27.8 Å². The van der Waals surface area contributed by atoms with E-state index in [0.717, 1.165) is 23.3 Å². The van der Waals surface area contributed by atoms with E-state index in [9.17, 15) is 18.3 Å². The summed E-state index contributed by atoms with van der Waals surface area (Å²) in [6.45, 7) is 1.19. The average molecular weight is 487 g/mol. The summed E-state index contributed by atoms with van der Waals surface area (Å²) < 4.78 is 38.9. The third-order valence-corrected chi connectivity index (χ3v) is 8.61. The first-order chi connectivity index (χ1) is 16.3. The number of carboxylic acid groups (broad SMARTS) is 1. The molecule has 1 saturated heterocycles. The minimum Gasteiger partial charge on any atom is -0.493 e. The lowest BCUT2D eigenvalue weighted by Gasteiger charge is -2.38. The molecule has 2 aromatic carbocycles. The summed E-state index contributed by atoms with van der Waals surface area (Å²) in [6.07, 6.45) is 1.78. The summed E-state index contributed by atoms with van der Waals surface area (Å²) in [7, 11) is -0.475. The molecule has 2 atom stereocenters. The van der Waals surface area contributed by atoms with Crippen molar-refractivity contribution in [3.63, 3.8) is 0 Å². The second-order valence-corrected chi connectivity index (χ2v) is 10.7. The van der Waals surface area contributed by atoms with Crippen molar-refractivity contribution >= 4 is 21.7 Å². The van der Waals surface area contributed by atoms with Gasteiger partial charge in [-0.25, -0.2) is 8.42 Å². The first-order valence-corrected chi connectivity index (χ1v) is 12.8. The average Bonchev–Trinajstić information content (AvgIpc) is 2.84. The summed E-state index contributed by atoms with van der Waals surface area (Å²) in [5, 5.41) is 9.48. The number of ether oxygens (including phenoxy) is 2. The molecule has 9 heteroatoms. The molecule has 0 aromatic heterocycles. The van der Waals surface area contributed by atoms with E-state index >= 15 is 0 Å². The fourth-order valence-electron chi connectivity index (χ4n) is 4.95. The number of hydrogen-bond acceptors (Lipinski definition) is 6. The van der Waals surface area contributed by atoms with Gasteiger partial charge in [0.2, 0.25) is 10.0 Å². The largest absolute Gasteiger partial charge is 0.493 e. The zero-order valence-electron chi connectivity index (χ0n) is 19.4. The molecule has 8 nitrogen and oxygen atoms in total. The van der Waals surface area contributed by atoms with Crippen LogP contribution in [0.2, 0.25) is 0 Å². The zero-order valence-corrected chi connectivity index (χ0v) is 20.3. The molecule has 182 valence electrons. The number of carboxylic acids is 1. The molecule has 0 radical (unpaired) electrons. The Hall–Kier alpha value is -2.91. The third kappa shape index (κ3) is 4.95. The Balaban J connectivity index is 1.63. The van der Waals surface area contributed by atoms with E-state index in [1.165, 1.54) is 4.31 Å². The lowest BCUT2D eigenvalue weighted by Crippen LogP contribution is -2.45. The molecular formula is C25H30N2O6S. The van der Waals surface area contributed by atoms with Crippen molar-refractivity contribution in [1.82, 2.24) is 4.31 Å². The Morgan fingerprint density at radius 3 is 2.50 bits per heavy atom. The molecule has 0 spiro atoms. The SMILES string of the molecule is COc1cc2c(cc1OC)C(C[C@H]1CN(S(=O)(=O)c3ccccc3)CC[C@H]1CC(=O)O)=NCC2.